The van der Waals surface area contributed by atoms with Gasteiger partial charge in [-0.05, 0) is 24.3 Å². The summed E-state index contributed by atoms with van der Waals surface area (Å²) >= 11 is 0. The Morgan fingerprint density at radius 1 is 1.17 bits per heavy atom. The van der Waals surface area contributed by atoms with Crippen molar-refractivity contribution in [3.63, 3.8) is 0 Å². The van der Waals surface area contributed by atoms with Crippen molar-refractivity contribution in [2.45, 2.75) is 42.2 Å². The molecule has 0 bridgehead atoms. The maximum Gasteiger partial charge on any atom is 0.238 e. The number of aromatic nitrogens is 3. The lowest BCUT2D eigenvalue weighted by Crippen LogP contribution is -2.59. The van der Waals surface area contributed by atoms with Crippen molar-refractivity contribution < 1.29 is 37.9 Å². The van der Waals surface area contributed by atoms with E-state index < -0.39 is 40.7 Å². The third kappa shape index (κ3) is 4.96. The Balaban J connectivity index is 1.57. The molecular weight excluding hydrogens is 408 g/mol. The minimum absolute atomic E-state index is 0.0161. The molecule has 29 heavy (non-hydrogen) atoms. The van der Waals surface area contributed by atoms with Crippen molar-refractivity contribution in [3.8, 4) is 5.69 Å². The van der Waals surface area contributed by atoms with Gasteiger partial charge in [-0.25, -0.2) is 18.2 Å². The first-order valence-corrected chi connectivity index (χ1v) is 10.1. The lowest BCUT2D eigenvalue weighted by atomic mass is 9.99. The first-order chi connectivity index (χ1) is 13.7. The van der Waals surface area contributed by atoms with Crippen molar-refractivity contribution in [2.75, 3.05) is 13.7 Å². The van der Waals surface area contributed by atoms with E-state index in [2.05, 4.69) is 10.3 Å². The van der Waals surface area contributed by atoms with Gasteiger partial charge in [0.15, 0.2) is 6.29 Å². The topological polar surface area (TPSA) is 179 Å². The van der Waals surface area contributed by atoms with Crippen LogP contribution in [0.15, 0.2) is 35.4 Å². The van der Waals surface area contributed by atoms with Gasteiger partial charge in [-0.2, -0.15) is 0 Å². The minimum atomic E-state index is -3.78. The number of nitrogens with two attached hydrogens (primary N) is 1. The summed E-state index contributed by atoms with van der Waals surface area (Å²) < 4.78 is 39.8. The van der Waals surface area contributed by atoms with E-state index >= 15 is 0 Å². The normalized spacial score (nSPS) is 27.8. The highest BCUT2D eigenvalue weighted by Gasteiger charge is 2.43. The summed E-state index contributed by atoms with van der Waals surface area (Å²) in [5, 5.41) is 42.5. The molecular formula is C16H22N4O8S. The van der Waals surface area contributed by atoms with Gasteiger partial charge in [0.25, 0.3) is 0 Å². The molecule has 0 amide bonds. The maximum atomic E-state index is 11.3. The summed E-state index contributed by atoms with van der Waals surface area (Å²) in [7, 11) is -2.47. The standard InChI is InChI=1S/C16H22N4O8S/c1-26-16-15(23)14(22)13(21)12(28-16)8-27-7-9-6-20(19-18-9)10-2-4-11(5-3-10)29(17,24)25/h2-6,12-16,21-23H,7-8H2,1H3,(H2,17,24,25)/t12-,13-,14+,15-,16+/m1/s1. The van der Waals surface area contributed by atoms with Gasteiger partial charge in [-0.1, -0.05) is 5.21 Å². The van der Waals surface area contributed by atoms with Crippen molar-refractivity contribution >= 4 is 10.0 Å². The number of methoxy groups -OCH3 is 1. The van der Waals surface area contributed by atoms with Crippen LogP contribution in [-0.2, 0) is 30.8 Å². The van der Waals surface area contributed by atoms with E-state index in [-0.39, 0.29) is 18.1 Å². The first kappa shape index (κ1) is 21.7. The van der Waals surface area contributed by atoms with Gasteiger partial charge in [-0.3, -0.25) is 0 Å². The van der Waals surface area contributed by atoms with Crippen molar-refractivity contribution in [1.82, 2.24) is 15.0 Å². The Labute approximate surface area is 166 Å². The number of aliphatic hydroxyl groups is 3. The number of sulfonamides is 1. The number of primary sulfonamides is 1. The van der Waals surface area contributed by atoms with Crippen LogP contribution in [0.4, 0.5) is 0 Å². The number of hydrogen-bond donors (Lipinski definition) is 4. The zero-order valence-corrected chi connectivity index (χ0v) is 16.2. The predicted octanol–water partition coefficient (Wildman–Crippen LogP) is -2.11. The van der Waals surface area contributed by atoms with Gasteiger partial charge in [0.05, 0.1) is 30.0 Å². The molecule has 2 aromatic rings. The van der Waals surface area contributed by atoms with Crippen LogP contribution in [-0.4, -0.2) is 83.2 Å². The second kappa shape index (κ2) is 8.81. The highest BCUT2D eigenvalue weighted by Crippen LogP contribution is 2.22. The molecule has 13 heteroatoms. The zero-order valence-electron chi connectivity index (χ0n) is 15.4. The molecule has 0 aliphatic carbocycles. The van der Waals surface area contributed by atoms with Crippen LogP contribution in [0.5, 0.6) is 0 Å². The van der Waals surface area contributed by atoms with Crippen molar-refractivity contribution in [2.24, 2.45) is 5.14 Å². The van der Waals surface area contributed by atoms with Gasteiger partial charge < -0.3 is 29.5 Å². The molecule has 0 spiro atoms. The van der Waals surface area contributed by atoms with Gasteiger partial charge >= 0.3 is 0 Å². The molecule has 0 unspecified atom stereocenters. The third-order valence-corrected chi connectivity index (χ3v) is 5.33. The second-order valence-electron chi connectivity index (χ2n) is 6.46. The molecule has 3 rings (SSSR count). The van der Waals surface area contributed by atoms with Crippen LogP contribution < -0.4 is 5.14 Å². The van der Waals surface area contributed by atoms with Crippen LogP contribution in [0.25, 0.3) is 5.69 Å². The third-order valence-electron chi connectivity index (χ3n) is 4.40. The smallest absolute Gasteiger partial charge is 0.238 e. The highest BCUT2D eigenvalue weighted by molar-refractivity contribution is 7.89. The van der Waals surface area contributed by atoms with Gasteiger partial charge in [-0.15, -0.1) is 5.10 Å². The number of ether oxygens (including phenoxy) is 3. The van der Waals surface area contributed by atoms with E-state index in [1.54, 1.807) is 6.20 Å². The van der Waals surface area contributed by atoms with Crippen LogP contribution in [0.3, 0.4) is 0 Å². The van der Waals surface area contributed by atoms with Crippen LogP contribution in [0.1, 0.15) is 5.69 Å². The van der Waals surface area contributed by atoms with E-state index in [1.807, 2.05) is 0 Å². The largest absolute Gasteiger partial charge is 0.387 e. The fourth-order valence-corrected chi connectivity index (χ4v) is 3.32. The molecule has 2 heterocycles. The van der Waals surface area contributed by atoms with E-state index in [9.17, 15) is 23.7 Å². The minimum Gasteiger partial charge on any atom is -0.387 e. The quantitative estimate of drug-likeness (QED) is 0.379. The van der Waals surface area contributed by atoms with Gasteiger partial charge in [0, 0.05) is 7.11 Å². The van der Waals surface area contributed by atoms with Gasteiger partial charge in [0.1, 0.15) is 30.1 Å². The summed E-state index contributed by atoms with van der Waals surface area (Å²) in [5.41, 5.74) is 1.04. The number of rotatable bonds is 7. The second-order valence-corrected chi connectivity index (χ2v) is 8.02. The Hall–Kier alpha value is -1.97. The SMILES string of the molecule is CO[C@H]1O[C@H](COCc2cn(-c3ccc(S(N)(=O)=O)cc3)nn2)[C@@H](O)[C@H](O)[C@H]1O. The summed E-state index contributed by atoms with van der Waals surface area (Å²) in [6, 6.07) is 5.78. The summed E-state index contributed by atoms with van der Waals surface area (Å²) in [4.78, 5) is -0.0161. The lowest BCUT2D eigenvalue weighted by molar-refractivity contribution is -0.296. The van der Waals surface area contributed by atoms with Crippen LogP contribution in [0, 0.1) is 0 Å². The molecule has 0 radical (unpaired) electrons. The fraction of sp³-hybridized carbons (Fsp3) is 0.500. The van der Waals surface area contributed by atoms with E-state index in [0.29, 0.717) is 11.4 Å². The molecule has 1 aliphatic heterocycles. The predicted molar refractivity (Wildman–Crippen MR) is 96.1 cm³/mol. The van der Waals surface area contributed by atoms with E-state index in [1.165, 1.54) is 36.1 Å². The average Bonchev–Trinajstić information content (AvgIpc) is 3.16. The molecule has 1 aliphatic rings. The number of hydrogen-bond acceptors (Lipinski definition) is 10. The molecule has 5 atom stereocenters. The molecule has 1 fully saturated rings. The molecule has 1 aromatic carbocycles. The Kier molecular flexibility index (Phi) is 6.60. The first-order valence-electron chi connectivity index (χ1n) is 8.55. The number of nitrogens with zero attached hydrogens (tertiary/aromatic N) is 3. The fourth-order valence-electron chi connectivity index (χ4n) is 2.81. The van der Waals surface area contributed by atoms with Gasteiger partial charge in [0.2, 0.25) is 10.0 Å². The molecule has 1 aromatic heterocycles. The summed E-state index contributed by atoms with van der Waals surface area (Å²) in [6.45, 7) is -0.0428. The molecule has 0 saturated carbocycles. The average molecular weight is 430 g/mol. The number of aliphatic hydroxyl groups excluding tert-OH is 3. The molecule has 160 valence electrons. The Morgan fingerprint density at radius 2 is 1.86 bits per heavy atom. The molecule has 12 nitrogen and oxygen atoms in total. The highest BCUT2D eigenvalue weighted by atomic mass is 32.2. The Bertz CT molecular complexity index is 917. The lowest BCUT2D eigenvalue weighted by Gasteiger charge is -2.39. The Morgan fingerprint density at radius 3 is 2.48 bits per heavy atom. The van der Waals surface area contributed by atoms with Crippen LogP contribution in [0.2, 0.25) is 0 Å². The van der Waals surface area contributed by atoms with Crippen molar-refractivity contribution in [3.05, 3.63) is 36.2 Å². The van der Waals surface area contributed by atoms with Crippen molar-refractivity contribution in [1.29, 1.82) is 0 Å². The summed E-state index contributed by atoms with van der Waals surface area (Å²) in [6.07, 6.45) is -4.54. The number of benzene rings is 1. The van der Waals surface area contributed by atoms with E-state index in [0.717, 1.165) is 0 Å². The van der Waals surface area contributed by atoms with E-state index in [4.69, 9.17) is 19.3 Å². The molecule has 5 N–H and O–H groups in total. The molecule has 1 saturated heterocycles. The maximum absolute atomic E-state index is 11.3. The van der Waals surface area contributed by atoms with Crippen LogP contribution >= 0.6 is 0 Å². The zero-order chi connectivity index (χ0) is 21.2. The monoisotopic (exact) mass is 430 g/mol. The summed E-state index contributed by atoms with van der Waals surface area (Å²) in [5.74, 6) is 0.